The van der Waals surface area contributed by atoms with Crippen molar-refractivity contribution in [2.75, 3.05) is 20.2 Å². The fourth-order valence-electron chi connectivity index (χ4n) is 2.25. The van der Waals surface area contributed by atoms with E-state index in [1.165, 1.54) is 23.5 Å². The van der Waals surface area contributed by atoms with Crippen molar-refractivity contribution in [2.45, 2.75) is 17.9 Å². The van der Waals surface area contributed by atoms with Gasteiger partial charge in [0, 0.05) is 19.1 Å². The Bertz CT molecular complexity index is 605. The Labute approximate surface area is 118 Å². The number of hydrogen-bond acceptors (Lipinski definition) is 5. The first-order valence-corrected chi connectivity index (χ1v) is 7.75. The van der Waals surface area contributed by atoms with Gasteiger partial charge in [-0.15, -0.1) is 0 Å². The van der Waals surface area contributed by atoms with E-state index < -0.39 is 16.0 Å². The Hall–Kier alpha value is -1.44. The molecule has 110 valence electrons. The van der Waals surface area contributed by atoms with E-state index in [9.17, 15) is 13.2 Å². The summed E-state index contributed by atoms with van der Waals surface area (Å²) in [5, 5.41) is 0. The average Bonchev–Trinajstić information content (AvgIpc) is 2.78. The number of carbonyl (C=O) groups excluding carboxylic acids is 1. The molecular weight excluding hydrogens is 280 g/mol. The zero-order valence-corrected chi connectivity index (χ0v) is 12.3. The first-order chi connectivity index (χ1) is 9.37. The summed E-state index contributed by atoms with van der Waals surface area (Å²) in [5.41, 5.74) is 5.91. The van der Waals surface area contributed by atoms with E-state index in [0.717, 1.165) is 0 Å². The molecule has 0 aliphatic carbocycles. The standard InChI is InChI=1S/C13H18N2O4S/c1-9-7-15(8-11(9)14)20(17,18)12-6-4-3-5-10(12)13(16)19-2/h3-6,9,11H,7-8,14H2,1-2H3. The minimum Gasteiger partial charge on any atom is -0.465 e. The molecule has 2 atom stereocenters. The van der Waals surface area contributed by atoms with Gasteiger partial charge in [-0.05, 0) is 18.1 Å². The van der Waals surface area contributed by atoms with Crippen LogP contribution < -0.4 is 5.73 Å². The van der Waals surface area contributed by atoms with Gasteiger partial charge in [-0.25, -0.2) is 13.2 Å². The van der Waals surface area contributed by atoms with Crippen molar-refractivity contribution in [1.82, 2.24) is 4.31 Å². The average molecular weight is 298 g/mol. The molecular formula is C13H18N2O4S. The van der Waals surface area contributed by atoms with Crippen LogP contribution in [0.2, 0.25) is 0 Å². The Morgan fingerprint density at radius 1 is 1.35 bits per heavy atom. The van der Waals surface area contributed by atoms with Crippen molar-refractivity contribution >= 4 is 16.0 Å². The summed E-state index contributed by atoms with van der Waals surface area (Å²) in [4.78, 5) is 11.7. The Morgan fingerprint density at radius 3 is 2.55 bits per heavy atom. The number of ether oxygens (including phenoxy) is 1. The number of sulfonamides is 1. The van der Waals surface area contributed by atoms with Gasteiger partial charge in [-0.3, -0.25) is 0 Å². The molecule has 20 heavy (non-hydrogen) atoms. The van der Waals surface area contributed by atoms with E-state index >= 15 is 0 Å². The molecule has 1 aliphatic heterocycles. The Kier molecular flexibility index (Phi) is 4.12. The highest BCUT2D eigenvalue weighted by Crippen LogP contribution is 2.26. The van der Waals surface area contributed by atoms with Crippen LogP contribution in [0.4, 0.5) is 0 Å². The summed E-state index contributed by atoms with van der Waals surface area (Å²) < 4.78 is 31.2. The predicted molar refractivity (Wildman–Crippen MR) is 73.7 cm³/mol. The molecule has 7 heteroatoms. The Balaban J connectivity index is 2.43. The summed E-state index contributed by atoms with van der Waals surface area (Å²) in [6.07, 6.45) is 0. The quantitative estimate of drug-likeness (QED) is 0.818. The van der Waals surface area contributed by atoms with Gasteiger partial charge in [-0.2, -0.15) is 4.31 Å². The second-order valence-corrected chi connectivity index (χ2v) is 6.86. The number of nitrogens with two attached hydrogens (primary N) is 1. The third-order valence-corrected chi connectivity index (χ3v) is 5.44. The molecule has 0 radical (unpaired) electrons. The van der Waals surface area contributed by atoms with E-state index in [-0.39, 0.29) is 29.0 Å². The third kappa shape index (κ3) is 2.56. The van der Waals surface area contributed by atoms with E-state index in [1.54, 1.807) is 12.1 Å². The van der Waals surface area contributed by atoms with Gasteiger partial charge >= 0.3 is 5.97 Å². The molecule has 6 nitrogen and oxygen atoms in total. The smallest absolute Gasteiger partial charge is 0.339 e. The zero-order chi connectivity index (χ0) is 14.9. The molecule has 1 aromatic rings. The number of esters is 1. The minimum absolute atomic E-state index is 0.0341. The molecule has 1 aromatic carbocycles. The summed E-state index contributed by atoms with van der Waals surface area (Å²) in [6, 6.07) is 5.85. The molecule has 0 bridgehead atoms. The summed E-state index contributed by atoms with van der Waals surface area (Å²) in [7, 11) is -2.52. The van der Waals surface area contributed by atoms with Crippen LogP contribution in [0.3, 0.4) is 0 Å². The Morgan fingerprint density at radius 2 is 2.00 bits per heavy atom. The minimum atomic E-state index is -3.74. The van der Waals surface area contributed by atoms with E-state index in [4.69, 9.17) is 5.73 Å². The van der Waals surface area contributed by atoms with Crippen molar-refractivity contribution < 1.29 is 17.9 Å². The van der Waals surface area contributed by atoms with Gasteiger partial charge in [0.2, 0.25) is 10.0 Å². The van der Waals surface area contributed by atoms with Crippen molar-refractivity contribution in [3.63, 3.8) is 0 Å². The van der Waals surface area contributed by atoms with Gasteiger partial charge in [0.25, 0.3) is 0 Å². The maximum Gasteiger partial charge on any atom is 0.339 e. The molecule has 1 heterocycles. The van der Waals surface area contributed by atoms with Gasteiger partial charge in [0.15, 0.2) is 0 Å². The lowest BCUT2D eigenvalue weighted by molar-refractivity contribution is 0.0596. The first kappa shape index (κ1) is 15.0. The normalized spacial score (nSPS) is 23.8. The summed E-state index contributed by atoms with van der Waals surface area (Å²) in [5.74, 6) is -0.573. The maximum absolute atomic E-state index is 12.6. The van der Waals surface area contributed by atoms with Gasteiger partial charge in [0.05, 0.1) is 17.6 Å². The van der Waals surface area contributed by atoms with E-state index in [2.05, 4.69) is 4.74 Å². The lowest BCUT2D eigenvalue weighted by Crippen LogP contribution is -2.33. The fourth-order valence-corrected chi connectivity index (χ4v) is 4.01. The lowest BCUT2D eigenvalue weighted by atomic mass is 10.1. The number of benzene rings is 1. The third-order valence-electron chi connectivity index (χ3n) is 3.55. The second-order valence-electron chi connectivity index (χ2n) is 4.95. The van der Waals surface area contributed by atoms with Crippen LogP contribution in [0, 0.1) is 5.92 Å². The molecule has 0 spiro atoms. The zero-order valence-electron chi connectivity index (χ0n) is 11.4. The van der Waals surface area contributed by atoms with Crippen LogP contribution in [0.1, 0.15) is 17.3 Å². The first-order valence-electron chi connectivity index (χ1n) is 6.31. The molecule has 0 aromatic heterocycles. The summed E-state index contributed by atoms with van der Waals surface area (Å²) in [6.45, 7) is 2.53. The topological polar surface area (TPSA) is 89.7 Å². The molecule has 1 fully saturated rings. The molecule has 1 aliphatic rings. The van der Waals surface area contributed by atoms with Crippen molar-refractivity contribution in [3.05, 3.63) is 29.8 Å². The molecule has 0 saturated carbocycles. The van der Waals surface area contributed by atoms with Crippen LogP contribution in [-0.2, 0) is 14.8 Å². The number of methoxy groups -OCH3 is 1. The molecule has 2 unspecified atom stereocenters. The van der Waals surface area contributed by atoms with Crippen molar-refractivity contribution in [2.24, 2.45) is 11.7 Å². The lowest BCUT2D eigenvalue weighted by Gasteiger charge is -2.17. The highest BCUT2D eigenvalue weighted by molar-refractivity contribution is 7.89. The predicted octanol–water partition coefficient (Wildman–Crippen LogP) is 0.441. The van der Waals surface area contributed by atoms with Crippen LogP contribution >= 0.6 is 0 Å². The van der Waals surface area contributed by atoms with Crippen LogP contribution in [-0.4, -0.2) is 44.9 Å². The van der Waals surface area contributed by atoms with E-state index in [1.807, 2.05) is 6.92 Å². The highest BCUT2D eigenvalue weighted by atomic mass is 32.2. The monoisotopic (exact) mass is 298 g/mol. The van der Waals surface area contributed by atoms with E-state index in [0.29, 0.717) is 6.54 Å². The van der Waals surface area contributed by atoms with Crippen LogP contribution in [0.5, 0.6) is 0 Å². The highest BCUT2D eigenvalue weighted by Gasteiger charge is 2.37. The summed E-state index contributed by atoms with van der Waals surface area (Å²) >= 11 is 0. The van der Waals surface area contributed by atoms with Gasteiger partial charge in [0.1, 0.15) is 0 Å². The van der Waals surface area contributed by atoms with Gasteiger partial charge < -0.3 is 10.5 Å². The molecule has 2 rings (SSSR count). The number of nitrogens with zero attached hydrogens (tertiary/aromatic N) is 1. The van der Waals surface area contributed by atoms with Crippen molar-refractivity contribution in [1.29, 1.82) is 0 Å². The molecule has 2 N–H and O–H groups in total. The second kappa shape index (κ2) is 5.51. The van der Waals surface area contributed by atoms with Crippen LogP contribution in [0.25, 0.3) is 0 Å². The van der Waals surface area contributed by atoms with Gasteiger partial charge in [-0.1, -0.05) is 19.1 Å². The number of hydrogen-bond donors (Lipinski definition) is 1. The number of rotatable bonds is 3. The van der Waals surface area contributed by atoms with Crippen molar-refractivity contribution in [3.8, 4) is 0 Å². The largest absolute Gasteiger partial charge is 0.465 e. The van der Waals surface area contributed by atoms with Crippen LogP contribution in [0.15, 0.2) is 29.2 Å². The number of carbonyl (C=O) groups is 1. The fraction of sp³-hybridized carbons (Fsp3) is 0.462. The molecule has 0 amide bonds. The maximum atomic E-state index is 12.6. The SMILES string of the molecule is COC(=O)c1ccccc1S(=O)(=O)N1CC(C)C(N)C1. The molecule has 1 saturated heterocycles.